The molecule has 0 fully saturated rings. The SMILES string of the molecule is COc1ccc(F)cc1-c1[nH]c2c(C)c(C)ccc2c1CC(=O)O. The lowest BCUT2D eigenvalue weighted by Gasteiger charge is -2.09. The maximum absolute atomic E-state index is 13.8. The van der Waals surface area contributed by atoms with Gasteiger partial charge in [-0.25, -0.2) is 4.39 Å². The number of H-pyrrole nitrogens is 1. The van der Waals surface area contributed by atoms with Gasteiger partial charge < -0.3 is 14.8 Å². The Labute approximate surface area is 138 Å². The van der Waals surface area contributed by atoms with Gasteiger partial charge in [0.1, 0.15) is 11.6 Å². The molecule has 0 aliphatic rings. The van der Waals surface area contributed by atoms with Gasteiger partial charge >= 0.3 is 5.97 Å². The number of benzene rings is 2. The van der Waals surface area contributed by atoms with Crippen molar-refractivity contribution in [2.75, 3.05) is 7.11 Å². The molecule has 0 radical (unpaired) electrons. The second kappa shape index (κ2) is 6.00. The summed E-state index contributed by atoms with van der Waals surface area (Å²) in [6.07, 6.45) is -0.155. The Hall–Kier alpha value is -2.82. The van der Waals surface area contributed by atoms with Gasteiger partial charge in [-0.15, -0.1) is 0 Å². The number of carboxylic acids is 1. The Morgan fingerprint density at radius 3 is 2.67 bits per heavy atom. The van der Waals surface area contributed by atoms with E-state index >= 15 is 0 Å². The van der Waals surface area contributed by atoms with Crippen LogP contribution in [-0.4, -0.2) is 23.2 Å². The number of halogens is 1. The van der Waals surface area contributed by atoms with Crippen LogP contribution < -0.4 is 4.74 Å². The lowest BCUT2D eigenvalue weighted by Crippen LogP contribution is -2.01. The molecular weight excluding hydrogens is 309 g/mol. The van der Waals surface area contributed by atoms with Gasteiger partial charge in [0.05, 0.1) is 19.2 Å². The molecule has 3 aromatic rings. The minimum absolute atomic E-state index is 0.155. The number of aliphatic carboxylic acids is 1. The first kappa shape index (κ1) is 16.1. The molecule has 0 saturated carbocycles. The van der Waals surface area contributed by atoms with Crippen LogP contribution in [0.1, 0.15) is 16.7 Å². The van der Waals surface area contributed by atoms with Gasteiger partial charge in [0.15, 0.2) is 0 Å². The van der Waals surface area contributed by atoms with Gasteiger partial charge in [-0.2, -0.15) is 0 Å². The zero-order valence-electron chi connectivity index (χ0n) is 13.7. The molecule has 0 aliphatic heterocycles. The first-order valence-corrected chi connectivity index (χ1v) is 7.58. The number of aromatic nitrogens is 1. The van der Waals surface area contributed by atoms with E-state index in [1.54, 1.807) is 6.07 Å². The highest BCUT2D eigenvalue weighted by atomic mass is 19.1. The fourth-order valence-corrected chi connectivity index (χ4v) is 3.00. The van der Waals surface area contributed by atoms with E-state index in [0.717, 1.165) is 22.0 Å². The first-order chi connectivity index (χ1) is 11.4. The Morgan fingerprint density at radius 2 is 2.00 bits per heavy atom. The number of carbonyl (C=O) groups is 1. The van der Waals surface area contributed by atoms with Crippen LogP contribution in [0.5, 0.6) is 5.75 Å². The van der Waals surface area contributed by atoms with E-state index in [9.17, 15) is 14.3 Å². The molecule has 124 valence electrons. The molecular formula is C19H18FNO3. The highest BCUT2D eigenvalue weighted by Crippen LogP contribution is 2.37. The summed E-state index contributed by atoms with van der Waals surface area (Å²) in [5.74, 6) is -0.853. The van der Waals surface area contributed by atoms with E-state index in [0.29, 0.717) is 22.6 Å². The van der Waals surface area contributed by atoms with E-state index in [4.69, 9.17) is 4.74 Å². The number of aromatic amines is 1. The molecule has 24 heavy (non-hydrogen) atoms. The minimum atomic E-state index is -0.939. The first-order valence-electron chi connectivity index (χ1n) is 7.58. The largest absolute Gasteiger partial charge is 0.496 e. The molecule has 2 N–H and O–H groups in total. The number of rotatable bonds is 4. The van der Waals surface area contributed by atoms with Crippen LogP contribution in [0.3, 0.4) is 0 Å². The van der Waals surface area contributed by atoms with Gasteiger partial charge in [0.2, 0.25) is 0 Å². The fraction of sp³-hybridized carbons (Fsp3) is 0.211. The standard InChI is InChI=1S/C19H18FNO3/c1-10-4-6-13-14(9-17(22)23)19(21-18(13)11(10)2)15-8-12(20)5-7-16(15)24-3/h4-8,21H,9H2,1-3H3,(H,22,23). The third-order valence-corrected chi connectivity index (χ3v) is 4.37. The number of carboxylic acid groups (broad SMARTS) is 1. The predicted molar refractivity (Wildman–Crippen MR) is 91.1 cm³/mol. The molecule has 0 saturated heterocycles. The lowest BCUT2D eigenvalue weighted by atomic mass is 9.99. The van der Waals surface area contributed by atoms with Gasteiger partial charge in [-0.3, -0.25) is 4.79 Å². The van der Waals surface area contributed by atoms with Gasteiger partial charge in [-0.1, -0.05) is 12.1 Å². The highest BCUT2D eigenvalue weighted by molar-refractivity contribution is 5.96. The molecule has 0 bridgehead atoms. The molecule has 1 aromatic heterocycles. The van der Waals surface area contributed by atoms with Crippen molar-refractivity contribution in [2.24, 2.45) is 0 Å². The van der Waals surface area contributed by atoms with Crippen LogP contribution in [0, 0.1) is 19.7 Å². The van der Waals surface area contributed by atoms with Crippen molar-refractivity contribution in [3.63, 3.8) is 0 Å². The normalized spacial score (nSPS) is 11.0. The summed E-state index contributed by atoms with van der Waals surface area (Å²) >= 11 is 0. The van der Waals surface area contributed by atoms with Crippen LogP contribution in [0.25, 0.3) is 22.2 Å². The van der Waals surface area contributed by atoms with Crippen molar-refractivity contribution in [3.8, 4) is 17.0 Å². The monoisotopic (exact) mass is 327 g/mol. The zero-order chi connectivity index (χ0) is 17.4. The molecule has 1 heterocycles. The maximum Gasteiger partial charge on any atom is 0.307 e. The summed E-state index contributed by atoms with van der Waals surface area (Å²) in [4.78, 5) is 14.6. The topological polar surface area (TPSA) is 62.3 Å². The van der Waals surface area contributed by atoms with Gasteiger partial charge in [0.25, 0.3) is 0 Å². The zero-order valence-corrected chi connectivity index (χ0v) is 13.7. The second-order valence-electron chi connectivity index (χ2n) is 5.82. The highest BCUT2D eigenvalue weighted by Gasteiger charge is 2.20. The van der Waals surface area contributed by atoms with Crippen molar-refractivity contribution < 1.29 is 19.0 Å². The average molecular weight is 327 g/mol. The summed E-state index contributed by atoms with van der Waals surface area (Å²) in [5, 5.41) is 10.1. The molecule has 0 atom stereocenters. The summed E-state index contributed by atoms with van der Waals surface area (Å²) in [6, 6.07) is 8.08. The van der Waals surface area contributed by atoms with E-state index < -0.39 is 11.8 Å². The maximum atomic E-state index is 13.8. The lowest BCUT2D eigenvalue weighted by molar-refractivity contribution is -0.136. The summed E-state index contributed by atoms with van der Waals surface area (Å²) in [7, 11) is 1.51. The molecule has 0 amide bonds. The number of nitrogens with one attached hydrogen (secondary N) is 1. The van der Waals surface area contributed by atoms with Crippen LogP contribution in [-0.2, 0) is 11.2 Å². The van der Waals surface area contributed by atoms with Crippen molar-refractivity contribution in [2.45, 2.75) is 20.3 Å². The number of methoxy groups -OCH3 is 1. The van der Waals surface area contributed by atoms with Gasteiger partial charge in [-0.05, 0) is 48.7 Å². The molecule has 0 unspecified atom stereocenters. The van der Waals surface area contributed by atoms with Crippen LogP contribution in [0.4, 0.5) is 4.39 Å². The van der Waals surface area contributed by atoms with Crippen molar-refractivity contribution in [1.82, 2.24) is 4.98 Å². The minimum Gasteiger partial charge on any atom is -0.496 e. The molecule has 4 nitrogen and oxygen atoms in total. The Morgan fingerprint density at radius 1 is 1.25 bits per heavy atom. The number of hydrogen-bond acceptors (Lipinski definition) is 2. The Balaban J connectivity index is 2.37. The fourth-order valence-electron chi connectivity index (χ4n) is 3.00. The predicted octanol–water partition coefficient (Wildman–Crippen LogP) is 4.23. The Bertz CT molecular complexity index is 943. The second-order valence-corrected chi connectivity index (χ2v) is 5.82. The molecule has 0 aliphatic carbocycles. The van der Waals surface area contributed by atoms with Crippen molar-refractivity contribution in [1.29, 1.82) is 0 Å². The van der Waals surface area contributed by atoms with Crippen molar-refractivity contribution >= 4 is 16.9 Å². The van der Waals surface area contributed by atoms with Crippen LogP contribution >= 0.6 is 0 Å². The summed E-state index contributed by atoms with van der Waals surface area (Å²) in [6.45, 7) is 3.97. The molecule has 0 spiro atoms. The van der Waals surface area contributed by atoms with E-state index in [-0.39, 0.29) is 6.42 Å². The third-order valence-electron chi connectivity index (χ3n) is 4.37. The van der Waals surface area contributed by atoms with E-state index in [2.05, 4.69) is 4.98 Å². The average Bonchev–Trinajstić information content (AvgIpc) is 2.89. The smallest absolute Gasteiger partial charge is 0.307 e. The molecule has 2 aromatic carbocycles. The van der Waals surface area contributed by atoms with E-state index in [1.165, 1.54) is 19.2 Å². The summed E-state index contributed by atoms with van der Waals surface area (Å²) in [5.41, 5.74) is 4.74. The summed E-state index contributed by atoms with van der Waals surface area (Å²) < 4.78 is 19.1. The number of aryl methyl sites for hydroxylation is 2. The van der Waals surface area contributed by atoms with Crippen LogP contribution in [0.15, 0.2) is 30.3 Å². The molecule has 3 rings (SSSR count). The van der Waals surface area contributed by atoms with Gasteiger partial charge in [0, 0.05) is 16.5 Å². The Kier molecular flexibility index (Phi) is 4.01. The number of fused-ring (bicyclic) bond motifs is 1. The van der Waals surface area contributed by atoms with Crippen LogP contribution in [0.2, 0.25) is 0 Å². The number of ether oxygens (including phenoxy) is 1. The van der Waals surface area contributed by atoms with Crippen molar-refractivity contribution in [3.05, 3.63) is 52.8 Å². The third kappa shape index (κ3) is 2.62. The number of hydrogen-bond donors (Lipinski definition) is 2. The molecule has 5 heteroatoms. The van der Waals surface area contributed by atoms with E-state index in [1.807, 2.05) is 26.0 Å². The quantitative estimate of drug-likeness (QED) is 0.754.